The molecule has 6 heteroatoms. The summed E-state index contributed by atoms with van der Waals surface area (Å²) in [4.78, 5) is 28.2. The van der Waals surface area contributed by atoms with Crippen molar-refractivity contribution in [3.63, 3.8) is 0 Å². The van der Waals surface area contributed by atoms with E-state index in [1.54, 1.807) is 0 Å². The second kappa shape index (κ2) is 8.47. The molecule has 0 fully saturated rings. The number of H-pyrrole nitrogens is 1. The molecule has 4 rings (SSSR count). The summed E-state index contributed by atoms with van der Waals surface area (Å²) in [6.45, 7) is 7.01. The summed E-state index contributed by atoms with van der Waals surface area (Å²) >= 11 is 1.38. The number of aromatic nitrogens is 3. The number of rotatable bonds is 6. The van der Waals surface area contributed by atoms with Crippen LogP contribution in [0.2, 0.25) is 0 Å². The Morgan fingerprint density at radius 3 is 2.23 bits per heavy atom. The summed E-state index contributed by atoms with van der Waals surface area (Å²) in [5.74, 6) is -0.102. The zero-order valence-corrected chi connectivity index (χ0v) is 18.7. The summed E-state index contributed by atoms with van der Waals surface area (Å²) in [6.07, 6.45) is 0. The van der Waals surface area contributed by atoms with Gasteiger partial charge in [-0.3, -0.25) is 9.59 Å². The largest absolute Gasteiger partial charge is 0.355 e. The van der Waals surface area contributed by atoms with Gasteiger partial charge in [0.2, 0.25) is 0 Å². The number of aromatic amines is 1. The van der Waals surface area contributed by atoms with E-state index in [0.717, 1.165) is 27.7 Å². The quantitative estimate of drug-likeness (QED) is 0.309. The second-order valence-corrected chi connectivity index (χ2v) is 8.90. The first-order valence-corrected chi connectivity index (χ1v) is 11.0. The Morgan fingerprint density at radius 2 is 1.58 bits per heavy atom. The maximum atomic E-state index is 13.2. The number of carbonyl (C=O) groups excluding carboxylic acids is 2. The van der Waals surface area contributed by atoms with E-state index in [1.165, 1.54) is 18.7 Å². The molecule has 0 saturated heterocycles. The van der Waals surface area contributed by atoms with Gasteiger partial charge in [0.25, 0.3) is 0 Å². The highest BCUT2D eigenvalue weighted by atomic mass is 32.2. The first kappa shape index (κ1) is 21.0. The number of benzene rings is 2. The fourth-order valence-corrected chi connectivity index (χ4v) is 4.88. The molecule has 1 unspecified atom stereocenters. The third-order valence-corrected chi connectivity index (χ3v) is 6.49. The Kier molecular flexibility index (Phi) is 5.74. The van der Waals surface area contributed by atoms with Gasteiger partial charge in [0, 0.05) is 27.6 Å². The average molecular weight is 430 g/mol. The van der Waals surface area contributed by atoms with Crippen LogP contribution in [-0.4, -0.2) is 32.0 Å². The Labute approximate surface area is 185 Å². The number of nitrogens with zero attached hydrogens (tertiary/aromatic N) is 2. The molecule has 1 atom stereocenters. The molecule has 156 valence electrons. The van der Waals surface area contributed by atoms with Crippen molar-refractivity contribution in [2.24, 2.45) is 0 Å². The van der Waals surface area contributed by atoms with Gasteiger partial charge in [0.1, 0.15) is 10.7 Å². The van der Waals surface area contributed by atoms with Gasteiger partial charge in [0.15, 0.2) is 11.6 Å². The lowest BCUT2D eigenvalue weighted by Gasteiger charge is -2.13. The highest BCUT2D eigenvalue weighted by Crippen LogP contribution is 2.34. The van der Waals surface area contributed by atoms with Gasteiger partial charge >= 0.3 is 0 Å². The molecule has 2 heterocycles. The molecular formula is C25H23N3O2S. The van der Waals surface area contributed by atoms with Crippen molar-refractivity contribution in [3.05, 3.63) is 77.1 Å². The minimum Gasteiger partial charge on any atom is -0.355 e. The minimum atomic E-state index is -0.392. The summed E-state index contributed by atoms with van der Waals surface area (Å²) in [7, 11) is 0. The van der Waals surface area contributed by atoms with E-state index in [1.807, 2.05) is 75.4 Å². The third kappa shape index (κ3) is 3.91. The van der Waals surface area contributed by atoms with Crippen molar-refractivity contribution >= 4 is 34.1 Å². The number of thioether (sulfide) groups is 1. The highest BCUT2D eigenvalue weighted by molar-refractivity contribution is 8.00. The summed E-state index contributed by atoms with van der Waals surface area (Å²) in [5.41, 5.74) is 4.34. The standard InChI is InChI=1S/C25H23N3O2S/c1-14-21(16(3)29)15(2)26-22(14)24(30)17(4)31-25-20-13-9-8-12-19(20)23(27-28-25)18-10-6-5-7-11-18/h5-13,17,26H,1-4H3. The third-order valence-electron chi connectivity index (χ3n) is 5.39. The summed E-state index contributed by atoms with van der Waals surface area (Å²) in [6, 6.07) is 17.9. The maximum absolute atomic E-state index is 13.2. The minimum absolute atomic E-state index is 0.0426. The predicted octanol–water partition coefficient (Wildman–Crippen LogP) is 5.81. The van der Waals surface area contributed by atoms with E-state index in [-0.39, 0.29) is 11.6 Å². The van der Waals surface area contributed by atoms with Gasteiger partial charge in [-0.15, -0.1) is 10.2 Å². The zero-order chi connectivity index (χ0) is 22.1. The SMILES string of the molecule is CC(=O)c1c(C)[nH]c(C(=O)C(C)Sc2nnc(-c3ccccc3)c3ccccc23)c1C. The topological polar surface area (TPSA) is 75.7 Å². The lowest BCUT2D eigenvalue weighted by Crippen LogP contribution is -2.16. The molecule has 0 amide bonds. The van der Waals surface area contributed by atoms with Gasteiger partial charge in [-0.05, 0) is 33.3 Å². The van der Waals surface area contributed by atoms with Crippen LogP contribution in [0.1, 0.15) is 46.0 Å². The fourth-order valence-electron chi connectivity index (χ4n) is 3.92. The predicted molar refractivity (Wildman–Crippen MR) is 125 cm³/mol. The van der Waals surface area contributed by atoms with Crippen LogP contribution < -0.4 is 0 Å². The van der Waals surface area contributed by atoms with Crippen LogP contribution in [-0.2, 0) is 0 Å². The molecule has 0 saturated carbocycles. The Morgan fingerprint density at radius 1 is 0.935 bits per heavy atom. The van der Waals surface area contributed by atoms with E-state index in [9.17, 15) is 9.59 Å². The Balaban J connectivity index is 1.69. The molecule has 0 spiro atoms. The lowest BCUT2D eigenvalue weighted by molar-refractivity contribution is 0.0988. The van der Waals surface area contributed by atoms with Gasteiger partial charge in [-0.2, -0.15) is 0 Å². The molecule has 31 heavy (non-hydrogen) atoms. The normalized spacial score (nSPS) is 12.1. The Hall–Kier alpha value is -3.25. The van der Waals surface area contributed by atoms with Crippen molar-refractivity contribution in [2.75, 3.05) is 0 Å². The van der Waals surface area contributed by atoms with Gasteiger partial charge in [-0.25, -0.2) is 0 Å². The number of aryl methyl sites for hydroxylation is 1. The van der Waals surface area contributed by atoms with Crippen LogP contribution in [0.25, 0.3) is 22.0 Å². The van der Waals surface area contributed by atoms with Crippen LogP contribution in [0.5, 0.6) is 0 Å². The number of hydrogen-bond acceptors (Lipinski definition) is 5. The second-order valence-electron chi connectivity index (χ2n) is 7.57. The number of carbonyl (C=O) groups is 2. The summed E-state index contributed by atoms with van der Waals surface area (Å²) < 4.78 is 0. The lowest BCUT2D eigenvalue weighted by atomic mass is 10.0. The van der Waals surface area contributed by atoms with E-state index < -0.39 is 5.25 Å². The first-order valence-electron chi connectivity index (χ1n) is 10.1. The van der Waals surface area contributed by atoms with Crippen molar-refractivity contribution in [2.45, 2.75) is 38.0 Å². The molecule has 0 aliphatic heterocycles. The van der Waals surface area contributed by atoms with Crippen LogP contribution >= 0.6 is 11.8 Å². The monoisotopic (exact) mass is 429 g/mol. The smallest absolute Gasteiger partial charge is 0.192 e. The van der Waals surface area contributed by atoms with E-state index >= 15 is 0 Å². The highest BCUT2D eigenvalue weighted by Gasteiger charge is 2.25. The van der Waals surface area contributed by atoms with Gasteiger partial charge in [0.05, 0.1) is 10.9 Å². The van der Waals surface area contributed by atoms with Crippen LogP contribution in [0, 0.1) is 13.8 Å². The number of fused-ring (bicyclic) bond motifs is 1. The number of ketones is 2. The van der Waals surface area contributed by atoms with Crippen molar-refractivity contribution in [1.82, 2.24) is 15.2 Å². The number of Topliss-reactive ketones (excluding diaryl/α,β-unsaturated/α-hetero) is 2. The molecule has 1 N–H and O–H groups in total. The molecule has 0 bridgehead atoms. The fraction of sp³-hybridized carbons (Fsp3) is 0.200. The molecule has 0 radical (unpaired) electrons. The van der Waals surface area contributed by atoms with Gasteiger partial charge in [-0.1, -0.05) is 66.4 Å². The molecule has 5 nitrogen and oxygen atoms in total. The number of nitrogens with one attached hydrogen (secondary N) is 1. The summed E-state index contributed by atoms with van der Waals surface area (Å²) in [5, 5.41) is 11.2. The van der Waals surface area contributed by atoms with Gasteiger partial charge < -0.3 is 4.98 Å². The molecular weight excluding hydrogens is 406 g/mol. The maximum Gasteiger partial charge on any atom is 0.192 e. The van der Waals surface area contributed by atoms with E-state index in [4.69, 9.17) is 0 Å². The molecule has 0 aliphatic rings. The van der Waals surface area contributed by atoms with Crippen molar-refractivity contribution in [3.8, 4) is 11.3 Å². The van der Waals surface area contributed by atoms with Crippen molar-refractivity contribution < 1.29 is 9.59 Å². The van der Waals surface area contributed by atoms with Crippen LogP contribution in [0.15, 0.2) is 59.6 Å². The Bertz CT molecular complexity index is 1300. The van der Waals surface area contributed by atoms with E-state index in [0.29, 0.717) is 21.8 Å². The average Bonchev–Trinajstić information content (AvgIpc) is 3.08. The zero-order valence-electron chi connectivity index (χ0n) is 17.9. The van der Waals surface area contributed by atoms with Crippen LogP contribution in [0.4, 0.5) is 0 Å². The molecule has 4 aromatic rings. The molecule has 0 aliphatic carbocycles. The van der Waals surface area contributed by atoms with Crippen LogP contribution in [0.3, 0.4) is 0 Å². The first-order chi connectivity index (χ1) is 14.9. The van der Waals surface area contributed by atoms with E-state index in [2.05, 4.69) is 15.2 Å². The molecule has 2 aromatic heterocycles. The number of hydrogen-bond donors (Lipinski definition) is 1. The molecule has 2 aromatic carbocycles. The van der Waals surface area contributed by atoms with Crippen molar-refractivity contribution in [1.29, 1.82) is 0 Å².